The highest BCUT2D eigenvalue weighted by Crippen LogP contribution is 2.21. The van der Waals surface area contributed by atoms with Gasteiger partial charge in [-0.2, -0.15) is 0 Å². The van der Waals surface area contributed by atoms with Crippen LogP contribution in [0.1, 0.15) is 5.56 Å². The Hall–Kier alpha value is -2.52. The number of sulfonamides is 1. The molecule has 0 heterocycles. The van der Waals surface area contributed by atoms with E-state index < -0.39 is 20.7 Å². The summed E-state index contributed by atoms with van der Waals surface area (Å²) in [6.45, 7) is 0. The van der Waals surface area contributed by atoms with Crippen LogP contribution in [0.4, 0.5) is 15.8 Å². The molecule has 0 fully saturated rings. The summed E-state index contributed by atoms with van der Waals surface area (Å²) in [7, 11) is -4.03. The molecule has 2 aromatic carbocycles. The van der Waals surface area contributed by atoms with E-state index in [4.69, 9.17) is 12.2 Å². The lowest BCUT2D eigenvalue weighted by atomic mass is 10.2. The van der Waals surface area contributed by atoms with Crippen LogP contribution in [-0.2, 0) is 10.0 Å². The molecule has 0 spiro atoms. The average molecular weight is 290 g/mol. The van der Waals surface area contributed by atoms with Gasteiger partial charge in [-0.25, -0.2) is 12.8 Å². The van der Waals surface area contributed by atoms with Gasteiger partial charge in [-0.1, -0.05) is 12.0 Å². The molecule has 0 aliphatic carbocycles. The third kappa shape index (κ3) is 2.90. The highest BCUT2D eigenvalue weighted by atomic mass is 32.2. The maximum Gasteiger partial charge on any atom is 0.264 e. The van der Waals surface area contributed by atoms with Crippen LogP contribution in [0.2, 0.25) is 0 Å². The van der Waals surface area contributed by atoms with Crippen molar-refractivity contribution in [3.05, 3.63) is 53.8 Å². The van der Waals surface area contributed by atoms with E-state index in [0.717, 1.165) is 12.1 Å². The number of nitrogen functional groups attached to an aromatic ring is 1. The Balaban J connectivity index is 2.38. The molecule has 2 aromatic rings. The van der Waals surface area contributed by atoms with Crippen LogP contribution in [0, 0.1) is 18.2 Å². The minimum atomic E-state index is -4.03. The third-order valence-corrected chi connectivity index (χ3v) is 3.94. The molecule has 0 atom stereocenters. The van der Waals surface area contributed by atoms with Crippen LogP contribution in [0.25, 0.3) is 0 Å². The third-order valence-electron chi connectivity index (χ3n) is 2.53. The van der Waals surface area contributed by atoms with E-state index >= 15 is 0 Å². The van der Waals surface area contributed by atoms with Crippen LogP contribution >= 0.6 is 0 Å². The first-order valence-electron chi connectivity index (χ1n) is 5.57. The van der Waals surface area contributed by atoms with Gasteiger partial charge in [0.2, 0.25) is 0 Å². The van der Waals surface area contributed by atoms with Crippen LogP contribution in [0.5, 0.6) is 0 Å². The minimum absolute atomic E-state index is 0.149. The van der Waals surface area contributed by atoms with Gasteiger partial charge in [0, 0.05) is 11.3 Å². The lowest BCUT2D eigenvalue weighted by Crippen LogP contribution is -2.14. The fraction of sp³-hybridized carbons (Fsp3) is 0. The topological polar surface area (TPSA) is 72.2 Å². The van der Waals surface area contributed by atoms with Gasteiger partial charge in [-0.15, -0.1) is 6.42 Å². The first kappa shape index (κ1) is 13.9. The number of rotatable bonds is 3. The van der Waals surface area contributed by atoms with Gasteiger partial charge in [0.25, 0.3) is 10.0 Å². The van der Waals surface area contributed by atoms with Crippen molar-refractivity contribution < 1.29 is 12.8 Å². The normalized spacial score (nSPS) is 10.8. The molecule has 102 valence electrons. The van der Waals surface area contributed by atoms with E-state index in [0.29, 0.717) is 5.56 Å². The lowest BCUT2D eigenvalue weighted by Gasteiger charge is -2.09. The summed E-state index contributed by atoms with van der Waals surface area (Å²) in [5, 5.41) is 0. The number of terminal acetylenes is 1. The van der Waals surface area contributed by atoms with Gasteiger partial charge in [0.15, 0.2) is 0 Å². The second-order valence-corrected chi connectivity index (χ2v) is 5.67. The Labute approximate surface area is 116 Å². The van der Waals surface area contributed by atoms with E-state index in [1.807, 2.05) is 0 Å². The fourth-order valence-corrected chi connectivity index (χ4v) is 2.73. The monoisotopic (exact) mass is 290 g/mol. The summed E-state index contributed by atoms with van der Waals surface area (Å²) in [6, 6.07) is 9.63. The number of benzene rings is 2. The summed E-state index contributed by atoms with van der Waals surface area (Å²) in [4.78, 5) is -0.474. The van der Waals surface area contributed by atoms with Crippen molar-refractivity contribution >= 4 is 21.4 Å². The van der Waals surface area contributed by atoms with Gasteiger partial charge in [0.1, 0.15) is 10.7 Å². The van der Waals surface area contributed by atoms with Crippen molar-refractivity contribution in [3.8, 4) is 12.3 Å². The SMILES string of the molecule is C#Cc1cccc(NS(=O)(=O)c2ccc(N)cc2F)c1. The summed E-state index contributed by atoms with van der Waals surface area (Å²) < 4.78 is 40.1. The predicted molar refractivity (Wildman–Crippen MR) is 76.0 cm³/mol. The van der Waals surface area contributed by atoms with Crippen molar-refractivity contribution in [1.29, 1.82) is 0 Å². The molecule has 0 saturated carbocycles. The molecule has 0 bridgehead atoms. The molecule has 0 aliphatic rings. The number of hydrogen-bond donors (Lipinski definition) is 2. The molecule has 0 saturated heterocycles. The van der Waals surface area contributed by atoms with E-state index in [2.05, 4.69) is 10.6 Å². The summed E-state index contributed by atoms with van der Waals surface area (Å²) in [6.07, 6.45) is 5.23. The van der Waals surface area contributed by atoms with Crippen LogP contribution in [0.15, 0.2) is 47.4 Å². The number of halogens is 1. The number of anilines is 2. The van der Waals surface area contributed by atoms with Gasteiger partial charge in [0.05, 0.1) is 5.69 Å². The Morgan fingerprint density at radius 1 is 1.20 bits per heavy atom. The zero-order valence-corrected chi connectivity index (χ0v) is 11.1. The zero-order valence-electron chi connectivity index (χ0n) is 10.3. The number of nitrogens with one attached hydrogen (secondary N) is 1. The Morgan fingerprint density at radius 2 is 1.95 bits per heavy atom. The molecule has 4 nitrogen and oxygen atoms in total. The van der Waals surface area contributed by atoms with Crippen molar-refractivity contribution in [3.63, 3.8) is 0 Å². The Bertz CT molecular complexity index is 795. The Morgan fingerprint density at radius 3 is 2.60 bits per heavy atom. The molecule has 3 N–H and O–H groups in total. The molecular weight excluding hydrogens is 279 g/mol. The van der Waals surface area contributed by atoms with E-state index in [9.17, 15) is 12.8 Å². The molecule has 0 radical (unpaired) electrons. The fourth-order valence-electron chi connectivity index (χ4n) is 1.62. The summed E-state index contributed by atoms with van der Waals surface area (Å²) in [5.41, 5.74) is 6.31. The van der Waals surface area contributed by atoms with E-state index in [1.54, 1.807) is 12.1 Å². The van der Waals surface area contributed by atoms with Gasteiger partial charge in [-0.3, -0.25) is 4.72 Å². The van der Waals surface area contributed by atoms with Gasteiger partial charge in [-0.05, 0) is 36.4 Å². The van der Waals surface area contributed by atoms with Crippen LogP contribution < -0.4 is 10.5 Å². The van der Waals surface area contributed by atoms with Crippen molar-refractivity contribution in [1.82, 2.24) is 0 Å². The largest absolute Gasteiger partial charge is 0.399 e. The molecule has 2 rings (SSSR count). The second-order valence-electron chi connectivity index (χ2n) is 4.02. The highest BCUT2D eigenvalue weighted by molar-refractivity contribution is 7.92. The summed E-state index contributed by atoms with van der Waals surface area (Å²) in [5.74, 6) is 1.47. The first-order chi connectivity index (χ1) is 9.42. The van der Waals surface area contributed by atoms with Crippen LogP contribution in [0.3, 0.4) is 0 Å². The predicted octanol–water partition coefficient (Wildman–Crippen LogP) is 2.19. The quantitative estimate of drug-likeness (QED) is 0.672. The lowest BCUT2D eigenvalue weighted by molar-refractivity contribution is 0.571. The zero-order chi connectivity index (χ0) is 14.8. The number of nitrogens with two attached hydrogens (primary N) is 1. The average Bonchev–Trinajstić information content (AvgIpc) is 2.37. The molecule has 0 aromatic heterocycles. The molecule has 0 aliphatic heterocycles. The first-order valence-corrected chi connectivity index (χ1v) is 7.05. The Kier molecular flexibility index (Phi) is 3.63. The molecule has 0 amide bonds. The smallest absolute Gasteiger partial charge is 0.264 e. The van der Waals surface area contributed by atoms with Crippen molar-refractivity contribution in [2.45, 2.75) is 4.90 Å². The molecule has 6 heteroatoms. The second kappa shape index (κ2) is 5.23. The van der Waals surface area contributed by atoms with Gasteiger partial charge >= 0.3 is 0 Å². The minimum Gasteiger partial charge on any atom is -0.399 e. The van der Waals surface area contributed by atoms with Crippen molar-refractivity contribution in [2.75, 3.05) is 10.5 Å². The molecular formula is C14H11FN2O2S. The van der Waals surface area contributed by atoms with E-state index in [1.165, 1.54) is 18.2 Å². The summed E-state index contributed by atoms with van der Waals surface area (Å²) >= 11 is 0. The standard InChI is InChI=1S/C14H11FN2O2S/c1-2-10-4-3-5-12(8-10)17-20(18,19)14-7-6-11(16)9-13(14)15/h1,3-9,17H,16H2. The molecule has 0 unspecified atom stereocenters. The van der Waals surface area contributed by atoms with Gasteiger partial charge < -0.3 is 5.73 Å². The van der Waals surface area contributed by atoms with Crippen LogP contribution in [-0.4, -0.2) is 8.42 Å². The maximum absolute atomic E-state index is 13.7. The maximum atomic E-state index is 13.7. The van der Waals surface area contributed by atoms with Crippen molar-refractivity contribution in [2.24, 2.45) is 0 Å². The van der Waals surface area contributed by atoms with E-state index in [-0.39, 0.29) is 11.4 Å². The highest BCUT2D eigenvalue weighted by Gasteiger charge is 2.19. The molecule has 20 heavy (non-hydrogen) atoms. The number of hydrogen-bond acceptors (Lipinski definition) is 3.